The quantitative estimate of drug-likeness (QED) is 0.818. The molecule has 0 N–H and O–H groups in total. The fraction of sp³-hybridized carbons (Fsp3) is 0.625. The molecule has 3 heteroatoms. The number of halogens is 1. The maximum absolute atomic E-state index is 13.0. The van der Waals surface area contributed by atoms with E-state index >= 15 is 0 Å². The summed E-state index contributed by atoms with van der Waals surface area (Å²) in [6, 6.07) is 6.30. The van der Waals surface area contributed by atoms with Crippen molar-refractivity contribution in [1.29, 1.82) is 0 Å². The Balaban J connectivity index is 1.52. The van der Waals surface area contributed by atoms with E-state index in [9.17, 15) is 4.39 Å². The van der Waals surface area contributed by atoms with Crippen molar-refractivity contribution in [2.24, 2.45) is 0 Å². The monoisotopic (exact) mass is 264 g/mol. The Labute approximate surface area is 113 Å². The van der Waals surface area contributed by atoms with Gasteiger partial charge in [0, 0.05) is 6.07 Å². The molecule has 3 rings (SSSR count). The molecule has 104 valence electrons. The average Bonchev–Trinajstić information content (AvgIpc) is 2.80. The van der Waals surface area contributed by atoms with Crippen LogP contribution >= 0.6 is 0 Å². The van der Waals surface area contributed by atoms with E-state index in [1.807, 2.05) is 0 Å². The highest BCUT2D eigenvalue weighted by Gasteiger charge is 2.40. The summed E-state index contributed by atoms with van der Waals surface area (Å²) in [5.41, 5.74) is 0.133. The maximum Gasteiger partial charge on any atom is 0.126 e. The summed E-state index contributed by atoms with van der Waals surface area (Å²) in [4.78, 5) is 0. The molecule has 1 saturated heterocycles. The van der Waals surface area contributed by atoms with E-state index in [-0.39, 0.29) is 17.5 Å². The molecule has 2 nitrogen and oxygen atoms in total. The SMILES string of the molecule is Fc1cccc(OCC2CCC3(CCCCC3)O2)c1. The summed E-state index contributed by atoms with van der Waals surface area (Å²) in [6.45, 7) is 0.533. The van der Waals surface area contributed by atoms with Crippen molar-refractivity contribution in [2.75, 3.05) is 6.61 Å². The summed E-state index contributed by atoms with van der Waals surface area (Å²) < 4.78 is 24.9. The van der Waals surface area contributed by atoms with Gasteiger partial charge in [-0.1, -0.05) is 25.3 Å². The third kappa shape index (κ3) is 3.08. The second-order valence-electron chi connectivity index (χ2n) is 5.79. The Bertz CT molecular complexity index is 427. The van der Waals surface area contributed by atoms with E-state index < -0.39 is 0 Å². The highest BCUT2D eigenvalue weighted by Crippen LogP contribution is 2.41. The lowest BCUT2D eigenvalue weighted by Gasteiger charge is -2.33. The van der Waals surface area contributed by atoms with Gasteiger partial charge >= 0.3 is 0 Å². The molecule has 1 saturated carbocycles. The zero-order valence-electron chi connectivity index (χ0n) is 11.2. The number of rotatable bonds is 3. The molecule has 1 atom stereocenters. The van der Waals surface area contributed by atoms with Crippen LogP contribution in [0, 0.1) is 5.82 Å². The molecule has 1 spiro atoms. The lowest BCUT2D eigenvalue weighted by Crippen LogP contribution is -2.32. The molecule has 1 heterocycles. The van der Waals surface area contributed by atoms with Crippen LogP contribution in [0.1, 0.15) is 44.9 Å². The minimum absolute atomic E-state index is 0.133. The van der Waals surface area contributed by atoms with Gasteiger partial charge in [0.25, 0.3) is 0 Å². The van der Waals surface area contributed by atoms with Crippen LogP contribution in [0.15, 0.2) is 24.3 Å². The van der Waals surface area contributed by atoms with Crippen molar-refractivity contribution in [2.45, 2.75) is 56.7 Å². The normalized spacial score (nSPS) is 25.6. The first-order chi connectivity index (χ1) is 9.26. The van der Waals surface area contributed by atoms with E-state index in [1.165, 1.54) is 44.2 Å². The number of benzene rings is 1. The predicted octanol–water partition coefficient (Wildman–Crippen LogP) is 4.09. The van der Waals surface area contributed by atoms with Crippen molar-refractivity contribution >= 4 is 0 Å². The van der Waals surface area contributed by atoms with Crippen molar-refractivity contribution in [1.82, 2.24) is 0 Å². The van der Waals surface area contributed by atoms with Gasteiger partial charge in [-0.15, -0.1) is 0 Å². The van der Waals surface area contributed by atoms with E-state index in [0.29, 0.717) is 12.4 Å². The summed E-state index contributed by atoms with van der Waals surface area (Å²) >= 11 is 0. The fourth-order valence-electron chi connectivity index (χ4n) is 3.32. The highest BCUT2D eigenvalue weighted by molar-refractivity contribution is 5.22. The Morgan fingerprint density at radius 1 is 1.21 bits per heavy atom. The lowest BCUT2D eigenvalue weighted by atomic mass is 9.83. The Kier molecular flexibility index (Phi) is 3.74. The minimum atomic E-state index is -0.256. The second kappa shape index (κ2) is 5.49. The van der Waals surface area contributed by atoms with E-state index in [0.717, 1.165) is 12.8 Å². The van der Waals surface area contributed by atoms with Crippen LogP contribution < -0.4 is 4.74 Å². The molecule has 0 aromatic heterocycles. The van der Waals surface area contributed by atoms with Gasteiger partial charge < -0.3 is 9.47 Å². The predicted molar refractivity (Wildman–Crippen MR) is 71.8 cm³/mol. The maximum atomic E-state index is 13.0. The van der Waals surface area contributed by atoms with Crippen LogP contribution in [0.25, 0.3) is 0 Å². The largest absolute Gasteiger partial charge is 0.491 e. The van der Waals surface area contributed by atoms with Gasteiger partial charge in [0.1, 0.15) is 18.2 Å². The van der Waals surface area contributed by atoms with Crippen LogP contribution in [0.5, 0.6) is 5.75 Å². The molecule has 19 heavy (non-hydrogen) atoms. The van der Waals surface area contributed by atoms with Crippen molar-refractivity contribution in [3.8, 4) is 5.75 Å². The van der Waals surface area contributed by atoms with Crippen LogP contribution in [-0.4, -0.2) is 18.3 Å². The molecule has 1 aromatic carbocycles. The van der Waals surface area contributed by atoms with E-state index in [4.69, 9.17) is 9.47 Å². The standard InChI is InChI=1S/C16H21FO2/c17-13-5-4-6-14(11-13)18-12-15-7-10-16(19-15)8-2-1-3-9-16/h4-6,11,15H,1-3,7-10,12H2. The van der Waals surface area contributed by atoms with Gasteiger partial charge in [-0.05, 0) is 37.8 Å². The molecule has 2 aliphatic rings. The smallest absolute Gasteiger partial charge is 0.126 e. The van der Waals surface area contributed by atoms with Crippen LogP contribution in [0.4, 0.5) is 4.39 Å². The molecule has 0 radical (unpaired) electrons. The van der Waals surface area contributed by atoms with Gasteiger partial charge in [-0.25, -0.2) is 4.39 Å². The zero-order valence-corrected chi connectivity index (χ0v) is 11.2. The first-order valence-corrected chi connectivity index (χ1v) is 7.32. The van der Waals surface area contributed by atoms with E-state index in [2.05, 4.69) is 0 Å². The molecule has 1 aliphatic heterocycles. The summed E-state index contributed by atoms with van der Waals surface area (Å²) in [5.74, 6) is 0.335. The Morgan fingerprint density at radius 3 is 2.84 bits per heavy atom. The van der Waals surface area contributed by atoms with Crippen molar-refractivity contribution in [3.63, 3.8) is 0 Å². The van der Waals surface area contributed by atoms with Crippen molar-refractivity contribution < 1.29 is 13.9 Å². The molecule has 1 aromatic rings. The number of ether oxygens (including phenoxy) is 2. The Morgan fingerprint density at radius 2 is 2.05 bits per heavy atom. The van der Waals surface area contributed by atoms with Gasteiger partial charge in [0.15, 0.2) is 0 Å². The first-order valence-electron chi connectivity index (χ1n) is 7.32. The number of hydrogen-bond acceptors (Lipinski definition) is 2. The second-order valence-corrected chi connectivity index (χ2v) is 5.79. The van der Waals surface area contributed by atoms with E-state index in [1.54, 1.807) is 12.1 Å². The van der Waals surface area contributed by atoms with Gasteiger partial charge in [-0.2, -0.15) is 0 Å². The topological polar surface area (TPSA) is 18.5 Å². The number of hydrogen-bond donors (Lipinski definition) is 0. The molecular weight excluding hydrogens is 243 g/mol. The van der Waals surface area contributed by atoms with Gasteiger partial charge in [-0.3, -0.25) is 0 Å². The summed E-state index contributed by atoms with van der Waals surface area (Å²) in [5, 5.41) is 0. The minimum Gasteiger partial charge on any atom is -0.491 e. The highest BCUT2D eigenvalue weighted by atomic mass is 19.1. The molecule has 1 aliphatic carbocycles. The summed E-state index contributed by atoms with van der Waals surface area (Å²) in [7, 11) is 0. The van der Waals surface area contributed by atoms with Crippen LogP contribution in [0.2, 0.25) is 0 Å². The zero-order chi connectivity index (χ0) is 13.1. The third-order valence-electron chi connectivity index (χ3n) is 4.34. The molecular formula is C16H21FO2. The first kappa shape index (κ1) is 12.9. The average molecular weight is 264 g/mol. The molecule has 0 bridgehead atoms. The molecule has 1 unspecified atom stereocenters. The third-order valence-corrected chi connectivity index (χ3v) is 4.34. The van der Waals surface area contributed by atoms with Crippen LogP contribution in [-0.2, 0) is 4.74 Å². The Hall–Kier alpha value is -1.09. The lowest BCUT2D eigenvalue weighted by molar-refractivity contribution is -0.0748. The van der Waals surface area contributed by atoms with Crippen LogP contribution in [0.3, 0.4) is 0 Å². The molecule has 2 fully saturated rings. The van der Waals surface area contributed by atoms with Gasteiger partial charge in [0.05, 0.1) is 11.7 Å². The fourth-order valence-corrected chi connectivity index (χ4v) is 3.32. The van der Waals surface area contributed by atoms with Crippen molar-refractivity contribution in [3.05, 3.63) is 30.1 Å². The van der Waals surface area contributed by atoms with Gasteiger partial charge in [0.2, 0.25) is 0 Å². The summed E-state index contributed by atoms with van der Waals surface area (Å²) in [6.07, 6.45) is 8.71. The molecule has 0 amide bonds.